The molecule has 186 valence electrons. The Morgan fingerprint density at radius 2 is 2.03 bits per heavy atom. The summed E-state index contributed by atoms with van der Waals surface area (Å²) >= 11 is 0. The van der Waals surface area contributed by atoms with E-state index in [1.807, 2.05) is 6.07 Å². The molecule has 1 saturated carbocycles. The number of fused-ring (bicyclic) bond motifs is 1. The van der Waals surface area contributed by atoms with Gasteiger partial charge in [-0.3, -0.25) is 9.59 Å². The maximum atomic E-state index is 13.7. The van der Waals surface area contributed by atoms with Crippen LogP contribution in [0.4, 0.5) is 14.6 Å². The van der Waals surface area contributed by atoms with Crippen molar-refractivity contribution in [3.05, 3.63) is 65.1 Å². The van der Waals surface area contributed by atoms with Crippen molar-refractivity contribution in [2.45, 2.75) is 31.6 Å². The van der Waals surface area contributed by atoms with Crippen LogP contribution in [0.3, 0.4) is 0 Å². The van der Waals surface area contributed by atoms with Crippen LogP contribution in [0.25, 0.3) is 22.2 Å². The fourth-order valence-corrected chi connectivity index (χ4v) is 4.58. The van der Waals surface area contributed by atoms with Gasteiger partial charge >= 0.3 is 0 Å². The van der Waals surface area contributed by atoms with E-state index in [4.69, 9.17) is 16.2 Å². The molecule has 0 radical (unpaired) electrons. The minimum Gasteiger partial charge on any atom is -0.496 e. The molecule has 2 amide bonds. The van der Waals surface area contributed by atoms with Gasteiger partial charge in [-0.25, -0.2) is 13.5 Å². The molecule has 2 aromatic heterocycles. The Balaban J connectivity index is 1.47. The summed E-state index contributed by atoms with van der Waals surface area (Å²) in [5.74, 6) is -1.41. The summed E-state index contributed by atoms with van der Waals surface area (Å²) in [5, 5.41) is 8.06. The minimum atomic E-state index is -0.919. The number of halogens is 2. The van der Waals surface area contributed by atoms with E-state index in [-0.39, 0.29) is 48.1 Å². The monoisotopic (exact) mass is 494 g/mol. The maximum absolute atomic E-state index is 13.7. The maximum Gasteiger partial charge on any atom is 0.255 e. The van der Waals surface area contributed by atoms with E-state index in [2.05, 4.69) is 15.4 Å². The van der Waals surface area contributed by atoms with Crippen LogP contribution < -0.4 is 21.5 Å². The molecule has 1 aliphatic rings. The number of nitrogens with two attached hydrogens (primary N) is 2. The molecule has 36 heavy (non-hydrogen) atoms. The summed E-state index contributed by atoms with van der Waals surface area (Å²) < 4.78 is 33.8. The highest BCUT2D eigenvalue weighted by Crippen LogP contribution is 2.40. The number of nitrogen functional groups attached to an aromatic ring is 1. The number of benzene rings is 2. The quantitative estimate of drug-likeness (QED) is 0.311. The number of methoxy groups -OCH3 is 1. The summed E-state index contributed by atoms with van der Waals surface area (Å²) in [4.78, 5) is 28.1. The first-order valence-electron chi connectivity index (χ1n) is 11.3. The molecule has 2 heterocycles. The molecule has 2 aromatic carbocycles. The van der Waals surface area contributed by atoms with Crippen molar-refractivity contribution in [2.75, 3.05) is 12.8 Å². The van der Waals surface area contributed by atoms with Gasteiger partial charge in [-0.15, -0.1) is 0 Å². The number of rotatable bonds is 7. The third-order valence-corrected chi connectivity index (χ3v) is 6.51. The number of alkyl halides is 1. The molecule has 0 spiro atoms. The zero-order valence-corrected chi connectivity index (χ0v) is 19.3. The molecule has 5 rings (SSSR count). The number of ether oxygens (including phenoxy) is 1. The molecule has 0 atom stereocenters. The smallest absolute Gasteiger partial charge is 0.255 e. The van der Waals surface area contributed by atoms with E-state index in [1.54, 1.807) is 18.3 Å². The second kappa shape index (κ2) is 8.99. The second-order valence-electron chi connectivity index (χ2n) is 8.71. The lowest BCUT2D eigenvalue weighted by molar-refractivity contribution is 0.0946. The number of amides is 2. The Morgan fingerprint density at radius 3 is 2.72 bits per heavy atom. The molecule has 0 bridgehead atoms. The van der Waals surface area contributed by atoms with Crippen molar-refractivity contribution in [3.8, 4) is 17.0 Å². The van der Waals surface area contributed by atoms with E-state index >= 15 is 0 Å². The number of aromatic nitrogens is 3. The first-order chi connectivity index (χ1) is 17.3. The first-order valence-corrected chi connectivity index (χ1v) is 11.3. The van der Waals surface area contributed by atoms with Gasteiger partial charge in [0.05, 0.1) is 24.2 Å². The second-order valence-corrected chi connectivity index (χ2v) is 8.71. The Labute approximate surface area is 204 Å². The molecule has 0 unspecified atom stereocenters. The number of anilines is 1. The van der Waals surface area contributed by atoms with E-state index < -0.39 is 23.8 Å². The molecule has 0 aliphatic heterocycles. The van der Waals surface area contributed by atoms with E-state index in [9.17, 15) is 18.4 Å². The minimum absolute atomic E-state index is 0.0791. The third-order valence-electron chi connectivity index (χ3n) is 6.51. The third kappa shape index (κ3) is 3.92. The number of primary amides is 1. The normalized spacial score (nSPS) is 17.1. The SMILES string of the molecule is COc1ccc(F)cc1C(=O)NCc1ccc(-c2nn(C3CC(F)C3)c(N)c2C(N)=O)c2cc[nH]c12. The van der Waals surface area contributed by atoms with Crippen LogP contribution in [0.5, 0.6) is 5.75 Å². The average Bonchev–Trinajstić information content (AvgIpc) is 3.45. The molecule has 1 aliphatic carbocycles. The predicted molar refractivity (Wildman–Crippen MR) is 130 cm³/mol. The van der Waals surface area contributed by atoms with Crippen LogP contribution >= 0.6 is 0 Å². The summed E-state index contributed by atoms with van der Waals surface area (Å²) in [6, 6.07) is 8.83. The molecule has 6 N–H and O–H groups in total. The topological polar surface area (TPSA) is 141 Å². The molecular formula is C25H24F2N6O3. The number of nitrogens with one attached hydrogen (secondary N) is 2. The van der Waals surface area contributed by atoms with Crippen molar-refractivity contribution < 1.29 is 23.1 Å². The summed E-state index contributed by atoms with van der Waals surface area (Å²) in [5.41, 5.74) is 14.4. The van der Waals surface area contributed by atoms with Crippen LogP contribution in [-0.4, -0.2) is 39.9 Å². The zero-order chi connectivity index (χ0) is 25.6. The zero-order valence-electron chi connectivity index (χ0n) is 19.3. The highest BCUT2D eigenvalue weighted by atomic mass is 19.1. The number of aromatic amines is 1. The van der Waals surface area contributed by atoms with Gasteiger partial charge in [0.1, 0.15) is 34.8 Å². The van der Waals surface area contributed by atoms with E-state index in [1.165, 1.54) is 23.9 Å². The van der Waals surface area contributed by atoms with Crippen LogP contribution in [0, 0.1) is 5.82 Å². The van der Waals surface area contributed by atoms with Crippen molar-refractivity contribution in [1.29, 1.82) is 0 Å². The highest BCUT2D eigenvalue weighted by molar-refractivity contribution is 6.07. The van der Waals surface area contributed by atoms with Gasteiger partial charge in [-0.2, -0.15) is 5.10 Å². The Bertz CT molecular complexity index is 1490. The van der Waals surface area contributed by atoms with Gasteiger partial charge in [0, 0.05) is 36.5 Å². The van der Waals surface area contributed by atoms with Gasteiger partial charge in [0.15, 0.2) is 0 Å². The van der Waals surface area contributed by atoms with Gasteiger partial charge in [-0.05, 0) is 29.8 Å². The summed E-state index contributed by atoms with van der Waals surface area (Å²) in [6.45, 7) is 0.134. The summed E-state index contributed by atoms with van der Waals surface area (Å²) in [7, 11) is 1.40. The number of carbonyl (C=O) groups is 2. The number of carbonyl (C=O) groups excluding carboxylic acids is 2. The fourth-order valence-electron chi connectivity index (χ4n) is 4.58. The molecule has 9 nitrogen and oxygen atoms in total. The largest absolute Gasteiger partial charge is 0.496 e. The molecule has 1 fully saturated rings. The highest BCUT2D eigenvalue weighted by Gasteiger charge is 2.35. The lowest BCUT2D eigenvalue weighted by Gasteiger charge is -2.30. The van der Waals surface area contributed by atoms with E-state index in [0.717, 1.165) is 17.0 Å². The standard InChI is InChI=1S/C25H24F2N6O3/c1-36-19-5-3-13(26)10-18(19)25(35)31-11-12-2-4-16(17-6-7-30-21(12)17)22-20(24(29)34)23(28)33(32-22)15-8-14(27)9-15/h2-7,10,14-15,30H,8-9,11,28H2,1H3,(H2,29,34)(H,31,35). The Hall–Kier alpha value is -4.41. The number of H-pyrrole nitrogens is 1. The van der Waals surface area contributed by atoms with Crippen LogP contribution in [0.2, 0.25) is 0 Å². The lowest BCUT2D eigenvalue weighted by Crippen LogP contribution is -2.29. The van der Waals surface area contributed by atoms with Crippen molar-refractivity contribution in [3.63, 3.8) is 0 Å². The molecule has 4 aromatic rings. The van der Waals surface area contributed by atoms with Gasteiger partial charge in [0.2, 0.25) is 0 Å². The first kappa shape index (κ1) is 23.3. The number of hydrogen-bond acceptors (Lipinski definition) is 5. The summed E-state index contributed by atoms with van der Waals surface area (Å²) in [6.07, 6.45) is 1.35. The van der Waals surface area contributed by atoms with Crippen molar-refractivity contribution in [2.24, 2.45) is 5.73 Å². The van der Waals surface area contributed by atoms with Gasteiger partial charge in [0.25, 0.3) is 11.8 Å². The fraction of sp³-hybridized carbons (Fsp3) is 0.240. The lowest BCUT2D eigenvalue weighted by atomic mass is 9.91. The van der Waals surface area contributed by atoms with Crippen LogP contribution in [-0.2, 0) is 6.54 Å². The van der Waals surface area contributed by atoms with Crippen LogP contribution in [0.15, 0.2) is 42.6 Å². The predicted octanol–water partition coefficient (Wildman–Crippen LogP) is 3.46. The number of hydrogen-bond donors (Lipinski definition) is 4. The van der Waals surface area contributed by atoms with Gasteiger partial charge < -0.3 is 26.5 Å². The molecular weight excluding hydrogens is 470 g/mol. The van der Waals surface area contributed by atoms with Gasteiger partial charge in [-0.1, -0.05) is 12.1 Å². The van der Waals surface area contributed by atoms with E-state index in [0.29, 0.717) is 16.8 Å². The van der Waals surface area contributed by atoms with Crippen molar-refractivity contribution in [1.82, 2.24) is 20.1 Å². The Morgan fingerprint density at radius 1 is 1.25 bits per heavy atom. The van der Waals surface area contributed by atoms with Crippen LogP contribution in [0.1, 0.15) is 45.2 Å². The number of nitrogens with zero attached hydrogens (tertiary/aromatic N) is 2. The Kier molecular flexibility index (Phi) is 5.83. The average molecular weight is 495 g/mol. The van der Waals surface area contributed by atoms with Crippen molar-refractivity contribution >= 4 is 28.5 Å². The molecule has 11 heteroatoms. The molecule has 0 saturated heterocycles.